The molecular weight excluding hydrogens is 927 g/mol. The molecule has 0 aromatic heterocycles. The number of likely N-dealkylation sites (N-methyl/N-ethyl adjacent to an activating group) is 1. The van der Waals surface area contributed by atoms with Gasteiger partial charge in [0.15, 0.2) is 0 Å². The molecule has 0 saturated heterocycles. The fourth-order valence-corrected chi connectivity index (χ4v) is 10.4. The molecule has 0 fully saturated rings. The molecule has 5 aromatic carbocycles. The summed E-state index contributed by atoms with van der Waals surface area (Å²) in [6.07, 6.45) is 9.81. The number of hydrogen-bond acceptors (Lipinski definition) is 13. The summed E-state index contributed by atoms with van der Waals surface area (Å²) in [5.41, 5.74) is 15.3. The van der Waals surface area contributed by atoms with Gasteiger partial charge < -0.3 is 55.8 Å². The molecular formula is C59H73N3O11. The highest BCUT2D eigenvalue weighted by molar-refractivity contribution is 5.70. The average molecular weight is 1000 g/mol. The number of carbonyl (C=O) groups excluding carboxylic acids is 2. The van der Waals surface area contributed by atoms with Crippen LogP contribution in [-0.2, 0) is 74.7 Å². The summed E-state index contributed by atoms with van der Waals surface area (Å²) in [5, 5.41) is 79.1. The van der Waals surface area contributed by atoms with Crippen LogP contribution >= 0.6 is 0 Å². The molecule has 3 aliphatic heterocycles. The molecule has 1 amide bonds. The largest absolute Gasteiger partial charge is 0.508 e. The molecule has 390 valence electrons. The standard InChI is InChI=1S/C21H23NO5.C19H23NO3.C18H23NO3.CH4/c1-14(26)27-21-10-15(2-4-18(21)12-24)9-20-19-5-3-16(11-23)8-17(19)6-7-22(20)13-25;1-20-7-6-15-8-14(11-21)3-5-17(15)18(20)9-13-2-4-16(12-22)19(23)10-13;20-10-13-2-4-16-14(7-13)5-6-19-17(16)8-12-1-3-15(11-21)18(22)9-12;/h2-5,8,10,13,20,23-24H,6-7,9,11-12H2,1H3;2-5,8,10,18,21-23H,6-7,9,11-12H2,1H3;1-3,9,17,19-22H,4-8,10-11H2;1H4. The van der Waals surface area contributed by atoms with E-state index in [1.807, 2.05) is 42.5 Å². The Balaban J connectivity index is 0.000000178. The molecule has 0 saturated carbocycles. The number of fused-ring (bicyclic) bond motifs is 2. The minimum Gasteiger partial charge on any atom is -0.508 e. The minimum atomic E-state index is -0.448. The van der Waals surface area contributed by atoms with Crippen LogP contribution in [0.25, 0.3) is 0 Å². The highest BCUT2D eigenvalue weighted by Crippen LogP contribution is 2.36. The molecule has 4 aliphatic rings. The smallest absolute Gasteiger partial charge is 0.308 e. The van der Waals surface area contributed by atoms with Gasteiger partial charge in [-0.05, 0) is 144 Å². The summed E-state index contributed by atoms with van der Waals surface area (Å²) in [6, 6.07) is 28.8. The first-order valence-corrected chi connectivity index (χ1v) is 24.7. The lowest BCUT2D eigenvalue weighted by Gasteiger charge is -2.35. The van der Waals surface area contributed by atoms with Gasteiger partial charge in [-0.25, -0.2) is 0 Å². The van der Waals surface area contributed by atoms with Gasteiger partial charge in [0.1, 0.15) is 17.2 Å². The van der Waals surface area contributed by atoms with Crippen LogP contribution in [0.15, 0.2) is 114 Å². The normalized spacial score (nSPS) is 18.1. The highest BCUT2D eigenvalue weighted by atomic mass is 16.5. The Morgan fingerprint density at radius 1 is 0.644 bits per heavy atom. The number of ether oxygens (including phenoxy) is 1. The molecule has 14 nitrogen and oxygen atoms in total. The second-order valence-electron chi connectivity index (χ2n) is 19.1. The number of esters is 1. The van der Waals surface area contributed by atoms with Crippen molar-refractivity contribution in [2.75, 3.05) is 33.3 Å². The molecule has 14 heteroatoms. The van der Waals surface area contributed by atoms with Crippen LogP contribution < -0.4 is 10.1 Å². The molecule has 3 heterocycles. The van der Waals surface area contributed by atoms with Gasteiger partial charge in [-0.2, -0.15) is 0 Å². The Morgan fingerprint density at radius 3 is 1.73 bits per heavy atom. The van der Waals surface area contributed by atoms with Gasteiger partial charge in [-0.1, -0.05) is 91.9 Å². The number of amides is 1. The molecule has 0 radical (unpaired) electrons. The number of allylic oxidation sites excluding steroid dienone is 1. The van der Waals surface area contributed by atoms with Gasteiger partial charge >= 0.3 is 5.97 Å². The lowest BCUT2D eigenvalue weighted by molar-refractivity contribution is -0.132. The lowest BCUT2D eigenvalue weighted by Crippen LogP contribution is -2.39. The van der Waals surface area contributed by atoms with Crippen LogP contribution in [0.3, 0.4) is 0 Å². The number of hydrogen-bond donors (Lipinski definition) is 9. The molecule has 0 bridgehead atoms. The molecule has 1 aliphatic carbocycles. The van der Waals surface area contributed by atoms with E-state index in [0.29, 0.717) is 41.4 Å². The monoisotopic (exact) mass is 1000 g/mol. The molecule has 5 aromatic rings. The van der Waals surface area contributed by atoms with Crippen molar-refractivity contribution in [1.82, 2.24) is 15.1 Å². The number of benzene rings is 5. The predicted molar refractivity (Wildman–Crippen MR) is 280 cm³/mol. The van der Waals surface area contributed by atoms with E-state index in [2.05, 4.69) is 35.5 Å². The molecule has 0 spiro atoms. The second-order valence-corrected chi connectivity index (χ2v) is 19.1. The summed E-state index contributed by atoms with van der Waals surface area (Å²) in [4.78, 5) is 27.0. The Bertz CT molecular complexity index is 2750. The minimum absolute atomic E-state index is 0. The zero-order valence-electron chi connectivity index (χ0n) is 41.3. The van der Waals surface area contributed by atoms with Gasteiger partial charge in [0, 0.05) is 48.8 Å². The van der Waals surface area contributed by atoms with Crippen molar-refractivity contribution in [2.24, 2.45) is 0 Å². The van der Waals surface area contributed by atoms with Crippen molar-refractivity contribution in [3.63, 3.8) is 0 Å². The number of phenols is 2. The first-order valence-electron chi connectivity index (χ1n) is 24.7. The number of carbonyl (C=O) groups is 2. The molecule has 3 unspecified atom stereocenters. The Labute approximate surface area is 429 Å². The summed E-state index contributed by atoms with van der Waals surface area (Å²) in [6.45, 7) is 3.58. The van der Waals surface area contributed by atoms with E-state index in [9.17, 15) is 40.2 Å². The molecule has 9 N–H and O–H groups in total. The van der Waals surface area contributed by atoms with Crippen LogP contribution in [0.2, 0.25) is 0 Å². The summed E-state index contributed by atoms with van der Waals surface area (Å²) in [5.74, 6) is 0.207. The third-order valence-electron chi connectivity index (χ3n) is 14.4. The van der Waals surface area contributed by atoms with Gasteiger partial charge in [-0.15, -0.1) is 0 Å². The van der Waals surface area contributed by atoms with Crippen molar-refractivity contribution in [2.45, 2.75) is 117 Å². The number of aliphatic hydroxyl groups excluding tert-OH is 6. The Hall–Kier alpha value is -6.20. The lowest BCUT2D eigenvalue weighted by atomic mass is 9.82. The average Bonchev–Trinajstić information content (AvgIpc) is 3.39. The van der Waals surface area contributed by atoms with Gasteiger partial charge in [0.25, 0.3) is 0 Å². The van der Waals surface area contributed by atoms with Gasteiger partial charge in [0.2, 0.25) is 6.41 Å². The van der Waals surface area contributed by atoms with Crippen molar-refractivity contribution >= 4 is 12.4 Å². The van der Waals surface area contributed by atoms with E-state index in [-0.39, 0.29) is 70.7 Å². The number of aliphatic hydroxyl groups is 6. The fourth-order valence-electron chi connectivity index (χ4n) is 10.4. The number of rotatable bonds is 14. The van der Waals surface area contributed by atoms with Crippen LogP contribution in [-0.4, -0.2) is 102 Å². The topological polar surface area (TPSA) is 224 Å². The van der Waals surface area contributed by atoms with E-state index >= 15 is 0 Å². The Morgan fingerprint density at radius 2 is 1.18 bits per heavy atom. The third-order valence-corrected chi connectivity index (χ3v) is 14.4. The number of aromatic hydroxyl groups is 2. The van der Waals surface area contributed by atoms with Crippen molar-refractivity contribution < 1.29 is 55.2 Å². The molecule has 73 heavy (non-hydrogen) atoms. The van der Waals surface area contributed by atoms with E-state index in [1.54, 1.807) is 41.3 Å². The van der Waals surface area contributed by atoms with E-state index < -0.39 is 5.97 Å². The second kappa shape index (κ2) is 26.7. The van der Waals surface area contributed by atoms with E-state index in [0.717, 1.165) is 109 Å². The molecule has 9 rings (SSSR count). The number of nitrogens with one attached hydrogen (secondary N) is 1. The third kappa shape index (κ3) is 14.1. The number of nitrogens with zero attached hydrogens (tertiary/aromatic N) is 2. The maximum Gasteiger partial charge on any atom is 0.308 e. The van der Waals surface area contributed by atoms with Crippen LogP contribution in [0.1, 0.15) is 112 Å². The first kappa shape index (κ1) is 56.1. The maximum absolute atomic E-state index is 11.6. The maximum atomic E-state index is 11.6. The highest BCUT2D eigenvalue weighted by Gasteiger charge is 2.29. The Kier molecular flexibility index (Phi) is 20.5. The zero-order chi connectivity index (χ0) is 51.3. The van der Waals surface area contributed by atoms with Crippen molar-refractivity contribution in [1.29, 1.82) is 0 Å². The van der Waals surface area contributed by atoms with Gasteiger partial charge in [0.05, 0.1) is 45.7 Å². The van der Waals surface area contributed by atoms with E-state index in [1.165, 1.54) is 29.2 Å². The summed E-state index contributed by atoms with van der Waals surface area (Å²) in [7, 11) is 2.12. The van der Waals surface area contributed by atoms with Gasteiger partial charge in [-0.3, -0.25) is 14.5 Å². The van der Waals surface area contributed by atoms with Crippen molar-refractivity contribution in [3.05, 3.63) is 181 Å². The van der Waals surface area contributed by atoms with Crippen LogP contribution in [0.4, 0.5) is 0 Å². The fraction of sp³-hybridized carbons (Fsp3) is 0.390. The quantitative estimate of drug-likeness (QED) is 0.0252. The SMILES string of the molecule is C.CC(=O)Oc1cc(CC2c3ccc(CO)cc3CCN2C=O)ccc1CO.CN1CCc2cc(CO)ccc2C1Cc1ccc(CO)c(O)c1.OCC1=CCC2=C(CCNC2Cc2ccc(CO)c(O)c2)C1. The predicted octanol–water partition coefficient (Wildman–Crippen LogP) is 6.48. The van der Waals surface area contributed by atoms with Crippen molar-refractivity contribution in [3.8, 4) is 17.2 Å². The van der Waals surface area contributed by atoms with Crippen LogP contribution in [0.5, 0.6) is 17.2 Å². The van der Waals surface area contributed by atoms with Crippen LogP contribution in [0, 0.1) is 0 Å². The first-order chi connectivity index (χ1) is 34.9. The zero-order valence-corrected chi connectivity index (χ0v) is 41.3. The molecule has 3 atom stereocenters. The summed E-state index contributed by atoms with van der Waals surface area (Å²) < 4.78 is 5.21. The van der Waals surface area contributed by atoms with E-state index in [4.69, 9.17) is 14.9 Å². The summed E-state index contributed by atoms with van der Waals surface area (Å²) >= 11 is 0.